The molecule has 0 spiro atoms. The molecule has 0 N–H and O–H groups in total. The third-order valence-electron chi connectivity index (χ3n) is 5.68. The lowest BCUT2D eigenvalue weighted by Gasteiger charge is -2.34. The van der Waals surface area contributed by atoms with Crippen molar-refractivity contribution in [3.63, 3.8) is 0 Å². The lowest BCUT2D eigenvalue weighted by Crippen LogP contribution is -2.42. The Kier molecular flexibility index (Phi) is 6.02. The number of fused-ring (bicyclic) bond motifs is 1. The number of ether oxygens (including phenoxy) is 2. The molecule has 1 saturated heterocycles. The summed E-state index contributed by atoms with van der Waals surface area (Å²) in [4.78, 5) is 15.5. The van der Waals surface area contributed by atoms with E-state index < -0.39 is 16.1 Å². The Balaban J connectivity index is 1.92. The van der Waals surface area contributed by atoms with Crippen LogP contribution in [0.2, 0.25) is 0 Å². The molecule has 1 atom stereocenters. The van der Waals surface area contributed by atoms with E-state index in [4.69, 9.17) is 14.5 Å². The number of methoxy groups -OCH3 is 1. The fraction of sp³-hybridized carbons (Fsp3) is 0.409. The van der Waals surface area contributed by atoms with Gasteiger partial charge in [-0.25, -0.2) is 18.4 Å². The zero-order chi connectivity index (χ0) is 23.0. The van der Waals surface area contributed by atoms with Gasteiger partial charge in [-0.3, -0.25) is 4.98 Å². The summed E-state index contributed by atoms with van der Waals surface area (Å²) in [6.07, 6.45) is 4.02. The van der Waals surface area contributed by atoms with Gasteiger partial charge in [-0.05, 0) is 30.2 Å². The van der Waals surface area contributed by atoms with Crippen molar-refractivity contribution in [3.8, 4) is 17.1 Å². The third-order valence-corrected chi connectivity index (χ3v) is 6.95. The van der Waals surface area contributed by atoms with Crippen LogP contribution in [0.15, 0.2) is 30.6 Å². The number of hydrogen-bond donors (Lipinski definition) is 0. The standard InChI is InChI=1S/C22H27N5O4S/c1-14-18(26(2)3)7-6-15(20(14)19-13-27(10-11-31-19)32(5,28)29)16-12-17-21(22(25-16)30-4)24-9-8-23-17/h6-9,12,19H,10-11,13H2,1-5H3. The molecule has 1 aliphatic heterocycles. The minimum Gasteiger partial charge on any atom is -0.479 e. The van der Waals surface area contributed by atoms with Crippen molar-refractivity contribution in [1.82, 2.24) is 19.3 Å². The number of aromatic nitrogens is 3. The van der Waals surface area contributed by atoms with E-state index in [1.807, 2.05) is 44.1 Å². The molecule has 170 valence electrons. The molecule has 0 bridgehead atoms. The van der Waals surface area contributed by atoms with E-state index in [9.17, 15) is 8.42 Å². The summed E-state index contributed by atoms with van der Waals surface area (Å²) in [7, 11) is 2.17. The SMILES string of the molecule is COc1nc(-c2ccc(N(C)C)c(C)c2C2CN(S(C)(=O)=O)CCO2)cc2nccnc12. The Morgan fingerprint density at radius 1 is 1.22 bits per heavy atom. The second-order valence-electron chi connectivity index (χ2n) is 7.99. The average molecular weight is 458 g/mol. The molecular weight excluding hydrogens is 430 g/mol. The molecule has 4 rings (SSSR count). The molecule has 1 aromatic carbocycles. The highest BCUT2D eigenvalue weighted by molar-refractivity contribution is 7.88. The molecule has 10 heteroatoms. The van der Waals surface area contributed by atoms with Gasteiger partial charge in [-0.15, -0.1) is 0 Å². The first kappa shape index (κ1) is 22.4. The number of anilines is 1. The summed E-state index contributed by atoms with van der Waals surface area (Å²) in [5.41, 5.74) is 5.69. The van der Waals surface area contributed by atoms with E-state index in [1.54, 1.807) is 19.5 Å². The van der Waals surface area contributed by atoms with E-state index in [2.05, 4.69) is 9.97 Å². The van der Waals surface area contributed by atoms with Crippen molar-refractivity contribution in [3.05, 3.63) is 41.7 Å². The van der Waals surface area contributed by atoms with E-state index in [-0.39, 0.29) is 6.54 Å². The monoisotopic (exact) mass is 457 g/mol. The van der Waals surface area contributed by atoms with Crippen LogP contribution in [-0.4, -0.2) is 74.8 Å². The molecule has 3 aromatic rings. The Hall–Kier alpha value is -2.82. The topological polar surface area (TPSA) is 97.8 Å². The van der Waals surface area contributed by atoms with Crippen molar-refractivity contribution in [2.24, 2.45) is 0 Å². The van der Waals surface area contributed by atoms with Gasteiger partial charge >= 0.3 is 0 Å². The maximum atomic E-state index is 12.2. The zero-order valence-electron chi connectivity index (χ0n) is 18.9. The van der Waals surface area contributed by atoms with Gasteiger partial charge in [0.15, 0.2) is 5.52 Å². The first-order valence-electron chi connectivity index (χ1n) is 10.2. The molecule has 0 amide bonds. The minimum atomic E-state index is -3.33. The Bertz CT molecular complexity index is 1260. The molecule has 0 saturated carbocycles. The highest BCUT2D eigenvalue weighted by Crippen LogP contribution is 2.39. The van der Waals surface area contributed by atoms with Crippen LogP contribution in [0.25, 0.3) is 22.3 Å². The zero-order valence-corrected chi connectivity index (χ0v) is 19.7. The summed E-state index contributed by atoms with van der Waals surface area (Å²) in [5.74, 6) is 0.383. The highest BCUT2D eigenvalue weighted by atomic mass is 32.2. The van der Waals surface area contributed by atoms with Gasteiger partial charge in [-0.1, -0.05) is 6.07 Å². The van der Waals surface area contributed by atoms with Crippen LogP contribution in [0.4, 0.5) is 5.69 Å². The fourth-order valence-electron chi connectivity index (χ4n) is 4.16. The molecule has 32 heavy (non-hydrogen) atoms. The van der Waals surface area contributed by atoms with Crippen LogP contribution in [0, 0.1) is 6.92 Å². The summed E-state index contributed by atoms with van der Waals surface area (Å²) in [6.45, 7) is 2.93. The number of hydrogen-bond acceptors (Lipinski definition) is 8. The lowest BCUT2D eigenvalue weighted by molar-refractivity contribution is -0.00235. The second kappa shape index (κ2) is 8.61. The van der Waals surface area contributed by atoms with Gasteiger partial charge in [0.2, 0.25) is 15.9 Å². The Morgan fingerprint density at radius 2 is 1.97 bits per heavy atom. The van der Waals surface area contributed by atoms with E-state index in [1.165, 1.54) is 10.6 Å². The Labute approximate surface area is 188 Å². The molecule has 1 aliphatic rings. The fourth-order valence-corrected chi connectivity index (χ4v) is 4.98. The molecule has 2 aromatic heterocycles. The molecule has 1 unspecified atom stereocenters. The van der Waals surface area contributed by atoms with Crippen molar-refractivity contribution in [2.75, 3.05) is 52.1 Å². The van der Waals surface area contributed by atoms with E-state index >= 15 is 0 Å². The molecule has 3 heterocycles. The Morgan fingerprint density at radius 3 is 2.66 bits per heavy atom. The lowest BCUT2D eigenvalue weighted by atomic mass is 9.92. The van der Waals surface area contributed by atoms with Crippen LogP contribution in [0.5, 0.6) is 5.88 Å². The molecule has 0 aliphatic carbocycles. The van der Waals surface area contributed by atoms with Crippen molar-refractivity contribution >= 4 is 26.7 Å². The van der Waals surface area contributed by atoms with E-state index in [0.717, 1.165) is 22.4 Å². The molecular formula is C22H27N5O4S. The molecule has 1 fully saturated rings. The second-order valence-corrected chi connectivity index (χ2v) is 9.97. The van der Waals surface area contributed by atoms with Crippen LogP contribution in [-0.2, 0) is 14.8 Å². The normalized spacial score (nSPS) is 17.5. The smallest absolute Gasteiger partial charge is 0.242 e. The van der Waals surface area contributed by atoms with Gasteiger partial charge in [0.05, 0.1) is 37.3 Å². The average Bonchev–Trinajstić information content (AvgIpc) is 2.77. The first-order valence-corrected chi connectivity index (χ1v) is 12.1. The largest absolute Gasteiger partial charge is 0.479 e. The number of pyridine rings is 1. The van der Waals surface area contributed by atoms with Gasteiger partial charge in [0.1, 0.15) is 0 Å². The number of sulfonamides is 1. The number of morpholine rings is 1. The van der Waals surface area contributed by atoms with E-state index in [0.29, 0.717) is 35.8 Å². The summed E-state index contributed by atoms with van der Waals surface area (Å²) in [6, 6.07) is 5.89. The van der Waals surface area contributed by atoms with Gasteiger partial charge in [0, 0.05) is 50.8 Å². The predicted molar refractivity (Wildman–Crippen MR) is 123 cm³/mol. The first-order chi connectivity index (χ1) is 15.2. The highest BCUT2D eigenvalue weighted by Gasteiger charge is 2.31. The van der Waals surface area contributed by atoms with Crippen LogP contribution < -0.4 is 9.64 Å². The number of nitrogens with zero attached hydrogens (tertiary/aromatic N) is 5. The summed E-state index contributed by atoms with van der Waals surface area (Å²) in [5, 5.41) is 0. The summed E-state index contributed by atoms with van der Waals surface area (Å²) < 4.78 is 37.5. The number of rotatable bonds is 5. The van der Waals surface area contributed by atoms with Crippen LogP contribution in [0.1, 0.15) is 17.2 Å². The summed E-state index contributed by atoms with van der Waals surface area (Å²) >= 11 is 0. The van der Waals surface area contributed by atoms with Crippen molar-refractivity contribution in [2.45, 2.75) is 13.0 Å². The van der Waals surface area contributed by atoms with Crippen LogP contribution in [0.3, 0.4) is 0 Å². The molecule has 0 radical (unpaired) electrons. The predicted octanol–water partition coefficient (Wildman–Crippen LogP) is 2.41. The third kappa shape index (κ3) is 4.13. The van der Waals surface area contributed by atoms with Crippen molar-refractivity contribution in [1.29, 1.82) is 0 Å². The van der Waals surface area contributed by atoms with Gasteiger partial charge in [-0.2, -0.15) is 4.31 Å². The van der Waals surface area contributed by atoms with Crippen molar-refractivity contribution < 1.29 is 17.9 Å². The minimum absolute atomic E-state index is 0.244. The number of benzene rings is 1. The van der Waals surface area contributed by atoms with Gasteiger partial charge < -0.3 is 14.4 Å². The maximum absolute atomic E-state index is 12.2. The van der Waals surface area contributed by atoms with Gasteiger partial charge in [0.25, 0.3) is 0 Å². The van der Waals surface area contributed by atoms with Crippen LogP contribution >= 0.6 is 0 Å². The maximum Gasteiger partial charge on any atom is 0.242 e. The molecule has 9 nitrogen and oxygen atoms in total. The quantitative estimate of drug-likeness (QED) is 0.576.